The fraction of sp³-hybridized carbons (Fsp3) is 0.571. The van der Waals surface area contributed by atoms with Gasteiger partial charge in [-0.25, -0.2) is 4.79 Å². The molecule has 0 saturated heterocycles. The minimum Gasteiger partial charge on any atom is -0.463 e. The summed E-state index contributed by atoms with van der Waals surface area (Å²) in [6.07, 6.45) is 2.09. The number of hydrogen-bond acceptors (Lipinski definition) is 5. The van der Waals surface area contributed by atoms with Crippen molar-refractivity contribution in [3.05, 3.63) is 12.7 Å². The largest absolute Gasteiger partial charge is 0.463 e. The minimum absolute atomic E-state index is 0.342. The number of rotatable bonds is 10. The minimum atomic E-state index is -0.531. The molecule has 0 aliphatic carbocycles. The van der Waals surface area contributed by atoms with Crippen LogP contribution < -0.4 is 13.9 Å². The zero-order chi connectivity index (χ0) is 12.2. The molecule has 86 valence electrons. The van der Waals surface area contributed by atoms with E-state index >= 15 is 0 Å². The smallest absolute Gasteiger partial charge is 0.330 e. The summed E-state index contributed by atoms with van der Waals surface area (Å²) in [6.45, 7) is 6.02. The van der Waals surface area contributed by atoms with Crippen LogP contribution >= 0.6 is 0 Å². The van der Waals surface area contributed by atoms with E-state index in [2.05, 4.69) is 37.5 Å². The first-order chi connectivity index (χ1) is 7.70. The average molecular weight is 286 g/mol. The quantitative estimate of drug-likeness (QED) is 0.200. The maximum Gasteiger partial charge on any atom is 0.330 e. The number of ether oxygens (including phenoxy) is 1. The van der Waals surface area contributed by atoms with E-state index in [-0.39, 0.29) is 5.97 Å². The summed E-state index contributed by atoms with van der Waals surface area (Å²) in [5.41, 5.74) is 0. The van der Waals surface area contributed by atoms with Gasteiger partial charge < -0.3 is 18.7 Å². The second-order valence-electron chi connectivity index (χ2n) is 2.88. The van der Waals surface area contributed by atoms with Crippen molar-refractivity contribution in [2.45, 2.75) is 19.0 Å². The normalized spacial score (nSPS) is 10.4. The van der Waals surface area contributed by atoms with E-state index < -0.39 is 8.96 Å². The SMILES string of the molecule is C=CC(=O)OCCC[Si](C)N[Si]N[Si]N[Si]. The molecule has 0 aliphatic rings. The molecule has 0 unspecified atom stereocenters. The van der Waals surface area contributed by atoms with Gasteiger partial charge in [0.2, 0.25) is 19.7 Å². The lowest BCUT2D eigenvalue weighted by Crippen LogP contribution is -2.46. The highest BCUT2D eigenvalue weighted by molar-refractivity contribution is 6.66. The van der Waals surface area contributed by atoms with E-state index in [1.54, 1.807) is 0 Å². The molecule has 5 nitrogen and oxygen atoms in total. The predicted molar refractivity (Wildman–Crippen MR) is 68.9 cm³/mol. The summed E-state index contributed by atoms with van der Waals surface area (Å²) in [6, 6.07) is 1.08. The van der Waals surface area contributed by atoms with Gasteiger partial charge in [0.05, 0.1) is 6.61 Å². The van der Waals surface area contributed by atoms with Crippen molar-refractivity contribution in [3.8, 4) is 0 Å². The average Bonchev–Trinajstić information content (AvgIpc) is 2.30. The molecule has 8 radical (unpaired) electrons. The van der Waals surface area contributed by atoms with Crippen LogP contribution in [0, 0.1) is 0 Å². The van der Waals surface area contributed by atoms with Gasteiger partial charge in [0.25, 0.3) is 0 Å². The van der Waals surface area contributed by atoms with Gasteiger partial charge >= 0.3 is 5.97 Å². The van der Waals surface area contributed by atoms with E-state index in [0.717, 1.165) is 12.5 Å². The molecule has 0 aromatic carbocycles. The molecule has 0 rings (SSSR count). The molecule has 0 atom stereocenters. The van der Waals surface area contributed by atoms with Crippen LogP contribution in [-0.2, 0) is 9.53 Å². The number of carbonyl (C=O) groups is 1. The van der Waals surface area contributed by atoms with Crippen molar-refractivity contribution in [1.82, 2.24) is 13.9 Å². The Balaban J connectivity index is 3.26. The van der Waals surface area contributed by atoms with Crippen LogP contribution in [0.1, 0.15) is 6.42 Å². The van der Waals surface area contributed by atoms with Gasteiger partial charge in [-0.3, -0.25) is 0 Å². The van der Waals surface area contributed by atoms with Crippen LogP contribution in [0.2, 0.25) is 12.6 Å². The molecule has 9 heteroatoms. The third-order valence-corrected chi connectivity index (χ3v) is 6.38. The molecular formula is C7H15N3O2Si4. The molecule has 0 aromatic rings. The first kappa shape index (κ1) is 16.0. The Morgan fingerprint density at radius 2 is 2.38 bits per heavy atom. The first-order valence-corrected chi connectivity index (χ1v) is 9.45. The van der Waals surface area contributed by atoms with Crippen LogP contribution in [0.5, 0.6) is 0 Å². The molecule has 16 heavy (non-hydrogen) atoms. The predicted octanol–water partition coefficient (Wildman–Crippen LogP) is -1.35. The number of carbonyl (C=O) groups excluding carboxylic acids is 1. The number of hydrogen-bond donors (Lipinski definition) is 3. The molecule has 0 amide bonds. The van der Waals surface area contributed by atoms with Gasteiger partial charge in [-0.1, -0.05) is 13.1 Å². The van der Waals surface area contributed by atoms with Crippen LogP contribution in [-0.4, -0.2) is 51.6 Å². The highest BCUT2D eigenvalue weighted by Gasteiger charge is 2.04. The summed E-state index contributed by atoms with van der Waals surface area (Å²) >= 11 is 0. The Labute approximate surface area is 107 Å². The topological polar surface area (TPSA) is 62.4 Å². The summed E-state index contributed by atoms with van der Waals surface area (Å²) in [4.78, 5) is 10.7. The van der Waals surface area contributed by atoms with Gasteiger partial charge in [0, 0.05) is 6.08 Å². The highest BCUT2D eigenvalue weighted by Crippen LogP contribution is 1.95. The molecule has 3 N–H and O–H groups in total. The van der Waals surface area contributed by atoms with Gasteiger partial charge in [-0.15, -0.1) is 0 Å². The van der Waals surface area contributed by atoms with E-state index in [0.29, 0.717) is 26.3 Å². The first-order valence-electron chi connectivity index (χ1n) is 4.75. The van der Waals surface area contributed by atoms with Gasteiger partial charge in [0.1, 0.15) is 19.4 Å². The lowest BCUT2D eigenvalue weighted by molar-refractivity contribution is -0.137. The summed E-state index contributed by atoms with van der Waals surface area (Å²) in [5.74, 6) is -0.342. The lowest BCUT2D eigenvalue weighted by Gasteiger charge is -2.10. The van der Waals surface area contributed by atoms with E-state index in [1.165, 1.54) is 6.08 Å². The van der Waals surface area contributed by atoms with Crippen LogP contribution in [0.15, 0.2) is 12.7 Å². The number of nitrogens with one attached hydrogen (secondary N) is 3. The van der Waals surface area contributed by atoms with Crippen molar-refractivity contribution in [2.24, 2.45) is 0 Å². The Hall–Kier alpha value is -0.0425. The van der Waals surface area contributed by atoms with Gasteiger partial charge in [-0.2, -0.15) is 0 Å². The summed E-state index contributed by atoms with van der Waals surface area (Å²) < 4.78 is 14.4. The van der Waals surface area contributed by atoms with Crippen molar-refractivity contribution in [3.63, 3.8) is 0 Å². The van der Waals surface area contributed by atoms with Gasteiger partial charge in [0.15, 0.2) is 0 Å². The molecule has 0 bridgehead atoms. The molecule has 0 heterocycles. The van der Waals surface area contributed by atoms with E-state index in [1.807, 2.05) is 0 Å². The van der Waals surface area contributed by atoms with E-state index in [4.69, 9.17) is 4.74 Å². The maximum atomic E-state index is 10.7. The van der Waals surface area contributed by atoms with Crippen molar-refractivity contribution in [2.75, 3.05) is 6.61 Å². The van der Waals surface area contributed by atoms with Crippen molar-refractivity contribution < 1.29 is 9.53 Å². The van der Waals surface area contributed by atoms with Gasteiger partial charge in [-0.05, 0) is 12.5 Å². The molecule has 0 aromatic heterocycles. The second-order valence-corrected chi connectivity index (χ2v) is 8.44. The molecule has 0 saturated carbocycles. The highest BCUT2D eigenvalue weighted by atomic mass is 28.3. The van der Waals surface area contributed by atoms with Crippen LogP contribution in [0.25, 0.3) is 0 Å². The summed E-state index contributed by atoms with van der Waals surface area (Å²) in [5, 5.41) is 0. The fourth-order valence-electron chi connectivity index (χ4n) is 0.832. The maximum absolute atomic E-state index is 10.7. The van der Waals surface area contributed by atoms with Crippen molar-refractivity contribution in [1.29, 1.82) is 0 Å². The molecule has 0 aliphatic heterocycles. The van der Waals surface area contributed by atoms with Crippen LogP contribution in [0.3, 0.4) is 0 Å². The third-order valence-electron chi connectivity index (χ3n) is 1.57. The second kappa shape index (κ2) is 11.4. The summed E-state index contributed by atoms with van der Waals surface area (Å²) in [7, 11) is 3.71. The Bertz CT molecular complexity index is 208. The molecule has 0 spiro atoms. The Morgan fingerprint density at radius 3 is 3.00 bits per heavy atom. The Morgan fingerprint density at radius 1 is 1.62 bits per heavy atom. The Kier molecular flexibility index (Phi) is 11.4. The fourth-order valence-corrected chi connectivity index (χ4v) is 4.74. The molecular weight excluding hydrogens is 270 g/mol. The van der Waals surface area contributed by atoms with Crippen molar-refractivity contribution >= 4 is 45.0 Å². The number of esters is 1. The standard InChI is InChI=1S/C7H15N3O2Si4/c1-3-7(11)12-5-4-6-16(2)10-15-9-14-8-13/h3,8-10H,1,4-6H2,2H3. The van der Waals surface area contributed by atoms with Crippen LogP contribution in [0.4, 0.5) is 0 Å². The third kappa shape index (κ3) is 10.5. The monoisotopic (exact) mass is 285 g/mol. The molecule has 0 fully saturated rings. The zero-order valence-electron chi connectivity index (χ0n) is 9.22. The zero-order valence-corrected chi connectivity index (χ0v) is 13.2. The van der Waals surface area contributed by atoms with E-state index in [9.17, 15) is 4.79 Å². The lowest BCUT2D eigenvalue weighted by atomic mass is 10.5.